The zero-order chi connectivity index (χ0) is 25.4. The fourth-order valence-electron chi connectivity index (χ4n) is 5.49. The Kier molecular flexibility index (Phi) is 11.4. The Morgan fingerprint density at radius 3 is 2.44 bits per heavy atom. The molecule has 8 nitrogen and oxygen atoms in total. The second-order valence-corrected chi connectivity index (χ2v) is 11.2. The smallest absolute Gasteiger partial charge is 0.323 e. The van der Waals surface area contributed by atoms with Crippen molar-refractivity contribution in [1.29, 1.82) is 0 Å². The number of fused-ring (bicyclic) bond motifs is 1. The summed E-state index contributed by atoms with van der Waals surface area (Å²) in [5.74, 6) is 1.75. The second kappa shape index (κ2) is 13.5. The van der Waals surface area contributed by atoms with E-state index in [0.717, 1.165) is 38.3 Å². The fourth-order valence-corrected chi connectivity index (χ4v) is 5.49. The van der Waals surface area contributed by atoms with E-state index in [2.05, 4.69) is 81.3 Å². The highest BCUT2D eigenvalue weighted by atomic mass is 16.2. The molecule has 0 aliphatic carbocycles. The maximum atomic E-state index is 13.1. The second-order valence-electron chi connectivity index (χ2n) is 11.2. The third-order valence-corrected chi connectivity index (χ3v) is 7.09. The zero-order valence-corrected chi connectivity index (χ0v) is 23.2. The topological polar surface area (TPSA) is 88.9 Å². The number of nitrogens with two attached hydrogens (primary N) is 1. The van der Waals surface area contributed by atoms with Crippen LogP contribution in [0.25, 0.3) is 0 Å². The molecule has 2 rings (SSSR count). The van der Waals surface area contributed by atoms with E-state index in [1.54, 1.807) is 0 Å². The predicted octanol–water partition coefficient (Wildman–Crippen LogP) is 3.28. The molecular formula is C26H53N7O. The summed E-state index contributed by atoms with van der Waals surface area (Å²) in [7, 11) is 2.09. The Labute approximate surface area is 209 Å². The van der Waals surface area contributed by atoms with Crippen molar-refractivity contribution < 1.29 is 4.79 Å². The number of hydrogen-bond donors (Lipinski definition) is 4. The summed E-state index contributed by atoms with van der Waals surface area (Å²) >= 11 is 0. The summed E-state index contributed by atoms with van der Waals surface area (Å²) in [6.07, 6.45) is 5.61. The van der Waals surface area contributed by atoms with Crippen LogP contribution in [0.1, 0.15) is 80.6 Å². The van der Waals surface area contributed by atoms with E-state index in [-0.39, 0.29) is 24.4 Å². The molecule has 2 aliphatic rings. The number of amides is 2. The first-order valence-electron chi connectivity index (χ1n) is 13.6. The lowest BCUT2D eigenvalue weighted by Crippen LogP contribution is -2.63. The molecule has 0 aromatic rings. The van der Waals surface area contributed by atoms with E-state index in [0.29, 0.717) is 23.7 Å². The lowest BCUT2D eigenvalue weighted by atomic mass is 10.00. The van der Waals surface area contributed by atoms with Gasteiger partial charge in [0.05, 0.1) is 11.9 Å². The number of likely N-dealkylation sites (N-methyl/N-ethyl adjacent to an activating group) is 1. The van der Waals surface area contributed by atoms with Gasteiger partial charge >= 0.3 is 6.03 Å². The van der Waals surface area contributed by atoms with Crippen LogP contribution in [-0.2, 0) is 0 Å². The molecule has 0 aromatic heterocycles. The van der Waals surface area contributed by atoms with Gasteiger partial charge in [-0.1, -0.05) is 47.5 Å². The third-order valence-electron chi connectivity index (χ3n) is 7.09. The van der Waals surface area contributed by atoms with Crippen molar-refractivity contribution in [1.82, 2.24) is 30.7 Å². The van der Waals surface area contributed by atoms with Crippen LogP contribution in [0.2, 0.25) is 0 Å². The minimum Gasteiger partial charge on any atom is -0.384 e. The molecule has 2 amide bonds. The largest absolute Gasteiger partial charge is 0.384 e. The number of unbranched alkanes of at least 4 members (excludes halogenated alkanes) is 1. The van der Waals surface area contributed by atoms with Crippen molar-refractivity contribution in [2.45, 2.75) is 105 Å². The summed E-state index contributed by atoms with van der Waals surface area (Å²) < 4.78 is 0. The lowest BCUT2D eigenvalue weighted by Gasteiger charge is -2.44. The van der Waals surface area contributed by atoms with Gasteiger partial charge in [-0.05, 0) is 58.5 Å². The Balaban J connectivity index is 2.04. The molecule has 5 atom stereocenters. The van der Waals surface area contributed by atoms with Crippen LogP contribution in [0.3, 0.4) is 0 Å². The van der Waals surface area contributed by atoms with E-state index in [1.165, 1.54) is 25.7 Å². The normalized spacial score (nSPS) is 23.8. The minimum absolute atomic E-state index is 0.0312. The molecule has 198 valence electrons. The number of rotatable bonds is 15. The van der Waals surface area contributed by atoms with Crippen molar-refractivity contribution in [2.24, 2.45) is 17.6 Å². The number of carbonyl (C=O) groups is 1. The minimum atomic E-state index is -0.156. The van der Waals surface area contributed by atoms with Crippen LogP contribution in [0.4, 0.5) is 4.79 Å². The summed E-state index contributed by atoms with van der Waals surface area (Å²) in [4.78, 5) is 19.9. The van der Waals surface area contributed by atoms with Gasteiger partial charge in [0.2, 0.25) is 0 Å². The Morgan fingerprint density at radius 2 is 1.82 bits per heavy atom. The molecule has 0 saturated carbocycles. The molecule has 2 heterocycles. The van der Waals surface area contributed by atoms with Crippen LogP contribution in [0, 0.1) is 11.8 Å². The average molecular weight is 480 g/mol. The lowest BCUT2D eigenvalue weighted by molar-refractivity contribution is 0.0469. The van der Waals surface area contributed by atoms with Crippen molar-refractivity contribution in [2.75, 3.05) is 33.2 Å². The molecule has 0 aromatic carbocycles. The summed E-state index contributed by atoms with van der Waals surface area (Å²) in [5.41, 5.74) is 7.18. The molecule has 1 fully saturated rings. The molecule has 2 aliphatic heterocycles. The van der Waals surface area contributed by atoms with Crippen LogP contribution in [0.5, 0.6) is 0 Å². The van der Waals surface area contributed by atoms with Gasteiger partial charge in [-0.15, -0.1) is 0 Å². The van der Waals surface area contributed by atoms with Crippen LogP contribution >= 0.6 is 0 Å². The van der Waals surface area contributed by atoms with E-state index in [4.69, 9.17) is 5.73 Å². The average Bonchev–Trinajstić information content (AvgIpc) is 3.11. The highest BCUT2D eigenvalue weighted by molar-refractivity contribution is 5.81. The number of hydrogen-bond acceptors (Lipinski definition) is 6. The standard InChI is InChI=1S/C26H53N7O/c1-9-11-12-20(6)28-15-22-29-24(27)23-25(31(22)8)33(26(34)30-23)21(7)14-19(5)17-32(13-10-2)16-18(3)4/h18-22,25,28-29H,9-17,27H2,1-8H3,(H,30,34)/t19-,20?,21+,22?,25-/m0/s1. The molecule has 5 N–H and O–H groups in total. The van der Waals surface area contributed by atoms with Gasteiger partial charge in [0.15, 0.2) is 0 Å². The number of nitrogens with zero attached hydrogens (tertiary/aromatic N) is 3. The van der Waals surface area contributed by atoms with Gasteiger partial charge in [-0.2, -0.15) is 0 Å². The van der Waals surface area contributed by atoms with Gasteiger partial charge in [0.25, 0.3) is 0 Å². The zero-order valence-electron chi connectivity index (χ0n) is 23.2. The van der Waals surface area contributed by atoms with Crippen molar-refractivity contribution in [3.63, 3.8) is 0 Å². The molecular weight excluding hydrogens is 426 g/mol. The van der Waals surface area contributed by atoms with Crippen LogP contribution < -0.4 is 21.7 Å². The first kappa shape index (κ1) is 28.7. The fraction of sp³-hybridized carbons (Fsp3) is 0.885. The van der Waals surface area contributed by atoms with Gasteiger partial charge in [-0.3, -0.25) is 4.90 Å². The van der Waals surface area contributed by atoms with E-state index < -0.39 is 0 Å². The molecule has 8 heteroatoms. The first-order chi connectivity index (χ1) is 16.1. The summed E-state index contributed by atoms with van der Waals surface area (Å²) in [5, 5.41) is 10.1. The Hall–Kier alpha value is -1.51. The monoisotopic (exact) mass is 479 g/mol. The molecule has 0 radical (unpaired) electrons. The Bertz CT molecular complexity index is 668. The molecule has 1 saturated heterocycles. The molecule has 2 unspecified atom stereocenters. The van der Waals surface area contributed by atoms with E-state index in [9.17, 15) is 4.79 Å². The molecule has 0 spiro atoms. The highest BCUT2D eigenvalue weighted by Crippen LogP contribution is 2.29. The number of nitrogens with one attached hydrogen (secondary N) is 3. The molecule has 0 bridgehead atoms. The van der Waals surface area contributed by atoms with Crippen molar-refractivity contribution in [3.8, 4) is 0 Å². The van der Waals surface area contributed by atoms with Crippen molar-refractivity contribution in [3.05, 3.63) is 11.5 Å². The maximum Gasteiger partial charge on any atom is 0.323 e. The quantitative estimate of drug-likeness (QED) is 0.288. The highest BCUT2D eigenvalue weighted by Gasteiger charge is 2.46. The maximum absolute atomic E-state index is 13.1. The van der Waals surface area contributed by atoms with Gasteiger partial charge in [0, 0.05) is 31.7 Å². The van der Waals surface area contributed by atoms with Gasteiger partial charge in [-0.25, -0.2) is 4.79 Å². The SMILES string of the molecule is CCCCC(C)NCC1NC(N)=C2NC(=O)N([C@H](C)C[C@H](C)CN(CCC)CC(C)C)[C@@H]2N1C. The van der Waals surface area contributed by atoms with Gasteiger partial charge < -0.3 is 31.5 Å². The van der Waals surface area contributed by atoms with Crippen molar-refractivity contribution >= 4 is 6.03 Å². The van der Waals surface area contributed by atoms with Gasteiger partial charge in [0.1, 0.15) is 12.0 Å². The number of urea groups is 1. The summed E-state index contributed by atoms with van der Waals surface area (Å²) in [6, 6.07) is 0.525. The van der Waals surface area contributed by atoms with Crippen LogP contribution in [-0.4, -0.2) is 78.4 Å². The molecule has 34 heavy (non-hydrogen) atoms. The predicted molar refractivity (Wildman–Crippen MR) is 142 cm³/mol. The summed E-state index contributed by atoms with van der Waals surface area (Å²) in [6.45, 7) is 19.9. The van der Waals surface area contributed by atoms with E-state index in [1.807, 2.05) is 4.90 Å². The number of carbonyl (C=O) groups excluding carboxylic acids is 1. The third kappa shape index (κ3) is 7.75. The van der Waals surface area contributed by atoms with Crippen LogP contribution in [0.15, 0.2) is 11.5 Å². The Morgan fingerprint density at radius 1 is 1.12 bits per heavy atom. The first-order valence-corrected chi connectivity index (χ1v) is 13.6. The van der Waals surface area contributed by atoms with E-state index >= 15 is 0 Å².